The lowest BCUT2D eigenvalue weighted by Crippen LogP contribution is -1.89. The maximum absolute atomic E-state index is 2.36. The van der Waals surface area contributed by atoms with Crippen LogP contribution in [0.15, 0.2) is 146 Å². The molecule has 12 bridgehead atoms. The average Bonchev–Trinajstić information content (AvgIpc) is 3.05. The van der Waals surface area contributed by atoms with E-state index in [2.05, 4.69) is 146 Å². The van der Waals surface area contributed by atoms with Crippen molar-refractivity contribution in [2.75, 3.05) is 0 Å². The van der Waals surface area contributed by atoms with Crippen LogP contribution in [0.5, 0.6) is 0 Å². The number of hydrogen-bond acceptors (Lipinski definition) is 2. The van der Waals surface area contributed by atoms with Crippen LogP contribution in [0.4, 0.5) is 0 Å². The van der Waals surface area contributed by atoms with Crippen molar-refractivity contribution in [1.29, 1.82) is 0 Å². The Bertz CT molecular complexity index is 1590. The van der Waals surface area contributed by atoms with E-state index < -0.39 is 0 Å². The molecule has 0 fully saturated rings. The Kier molecular flexibility index (Phi) is 7.99. The van der Waals surface area contributed by atoms with E-state index in [1.54, 1.807) is 0 Å². The summed E-state index contributed by atoms with van der Waals surface area (Å²) in [6, 6.07) is 54.1. The molecule has 0 radical (unpaired) electrons. The minimum absolute atomic E-state index is 0.989. The van der Waals surface area contributed by atoms with Gasteiger partial charge in [0.1, 0.15) is 0 Å². The topological polar surface area (TPSA) is 0 Å². The smallest absolute Gasteiger partial charge is 0.0188 e. The summed E-state index contributed by atoms with van der Waals surface area (Å²) in [6.45, 7) is 0. The zero-order chi connectivity index (χ0) is 28.1. The molecule has 6 aromatic rings. The van der Waals surface area contributed by atoms with Crippen LogP contribution < -0.4 is 0 Å². The maximum Gasteiger partial charge on any atom is 0.0188 e. The van der Waals surface area contributed by atoms with Crippen molar-refractivity contribution in [3.8, 4) is 44.5 Å². The van der Waals surface area contributed by atoms with Crippen molar-refractivity contribution < 1.29 is 0 Å². The molecule has 0 unspecified atom stereocenters. The van der Waals surface area contributed by atoms with Gasteiger partial charge < -0.3 is 0 Å². The molecule has 0 N–H and O–H groups in total. The zero-order valence-corrected chi connectivity index (χ0v) is 25.1. The summed E-state index contributed by atoms with van der Waals surface area (Å²) in [4.78, 5) is 0. The molecule has 1 heterocycles. The highest BCUT2D eigenvalue weighted by Gasteiger charge is 2.08. The van der Waals surface area contributed by atoms with Crippen LogP contribution >= 0.6 is 23.5 Å². The minimum Gasteiger partial charge on any atom is -0.152 e. The first kappa shape index (κ1) is 26.9. The molecular formula is C40H32S2. The minimum atomic E-state index is 0.989. The number of rotatable bonds is 0. The molecule has 6 aromatic carbocycles. The van der Waals surface area contributed by atoms with Crippen LogP contribution in [0.1, 0.15) is 22.3 Å². The molecule has 7 rings (SSSR count). The van der Waals surface area contributed by atoms with Gasteiger partial charge in [-0.25, -0.2) is 0 Å². The molecule has 0 aromatic heterocycles. The third-order valence-electron chi connectivity index (χ3n) is 7.84. The molecule has 0 spiro atoms. The van der Waals surface area contributed by atoms with E-state index in [9.17, 15) is 0 Å². The predicted molar refractivity (Wildman–Crippen MR) is 185 cm³/mol. The summed E-state index contributed by atoms with van der Waals surface area (Å²) in [6.07, 6.45) is 0. The first-order chi connectivity index (χ1) is 20.8. The summed E-state index contributed by atoms with van der Waals surface area (Å²) >= 11 is 3.95. The van der Waals surface area contributed by atoms with Crippen molar-refractivity contribution in [2.24, 2.45) is 0 Å². The SMILES string of the molecule is c1cc2cc(c1)-c1cccc(c1)-c1cccc(c1)CSCc1cccc(c1)-c1cccc(c1)-c1cccc(c1)CSC2. The number of thioether (sulfide) groups is 2. The molecular weight excluding hydrogens is 545 g/mol. The van der Waals surface area contributed by atoms with Crippen LogP contribution in [0.3, 0.4) is 0 Å². The average molecular weight is 577 g/mol. The fourth-order valence-electron chi connectivity index (χ4n) is 5.69. The van der Waals surface area contributed by atoms with E-state index in [0.717, 1.165) is 23.0 Å². The van der Waals surface area contributed by atoms with Crippen LogP contribution in [0.25, 0.3) is 44.5 Å². The summed E-state index contributed by atoms with van der Waals surface area (Å²) in [7, 11) is 0. The molecule has 1 aliphatic rings. The van der Waals surface area contributed by atoms with Crippen molar-refractivity contribution in [1.82, 2.24) is 0 Å². The highest BCUT2D eigenvalue weighted by molar-refractivity contribution is 7.97. The van der Waals surface area contributed by atoms with Gasteiger partial charge in [0, 0.05) is 23.0 Å². The monoisotopic (exact) mass is 576 g/mol. The molecule has 204 valence electrons. The van der Waals surface area contributed by atoms with Gasteiger partial charge in [-0.05, 0) is 78.9 Å². The molecule has 2 heteroatoms. The molecule has 0 saturated carbocycles. The standard InChI is InChI=1S/C40H32S2/c1-7-29-19-33(11-1)37-15-5-16-38(23-37)34-12-3-9-31(21-34)27-42-28-32-10-4-14-36(22-32)40-18-6-17-39(24-40)35-13-2-8-30(20-35)26-41-25-29/h1-24H,25-28H2. The Morgan fingerprint density at radius 3 is 0.738 bits per heavy atom. The third-order valence-corrected chi connectivity index (χ3v) is 9.99. The Hall–Kier alpha value is -3.98. The normalized spacial score (nSPS) is 13.1. The third kappa shape index (κ3) is 6.26. The Balaban J connectivity index is 1.25. The Morgan fingerprint density at radius 2 is 0.476 bits per heavy atom. The van der Waals surface area contributed by atoms with Gasteiger partial charge in [-0.15, -0.1) is 0 Å². The van der Waals surface area contributed by atoms with Crippen LogP contribution in [-0.2, 0) is 23.0 Å². The van der Waals surface area contributed by atoms with E-state index in [1.165, 1.54) is 66.8 Å². The van der Waals surface area contributed by atoms with Gasteiger partial charge in [-0.1, -0.05) is 133 Å². The lowest BCUT2D eigenvalue weighted by Gasteiger charge is -2.11. The molecule has 0 nitrogen and oxygen atoms in total. The molecule has 0 aliphatic carbocycles. The Morgan fingerprint density at radius 1 is 0.262 bits per heavy atom. The molecule has 0 amide bonds. The lowest BCUT2D eigenvalue weighted by atomic mass is 9.97. The van der Waals surface area contributed by atoms with Crippen LogP contribution in [0, 0.1) is 0 Å². The molecule has 42 heavy (non-hydrogen) atoms. The molecule has 0 saturated heterocycles. The van der Waals surface area contributed by atoms with Gasteiger partial charge in [0.15, 0.2) is 0 Å². The Labute approximate surface area is 257 Å². The van der Waals surface area contributed by atoms with E-state index in [0.29, 0.717) is 0 Å². The van der Waals surface area contributed by atoms with Gasteiger partial charge in [0.2, 0.25) is 0 Å². The predicted octanol–water partition coefficient (Wildman–Crippen LogP) is 11.5. The summed E-state index contributed by atoms with van der Waals surface area (Å²) in [5.74, 6) is 3.96. The van der Waals surface area contributed by atoms with Crippen molar-refractivity contribution in [2.45, 2.75) is 23.0 Å². The fraction of sp³-hybridized carbons (Fsp3) is 0.100. The van der Waals surface area contributed by atoms with Gasteiger partial charge in [0.25, 0.3) is 0 Å². The van der Waals surface area contributed by atoms with Gasteiger partial charge >= 0.3 is 0 Å². The second-order valence-electron chi connectivity index (χ2n) is 10.9. The fourth-order valence-corrected chi connectivity index (χ4v) is 7.56. The highest BCUT2D eigenvalue weighted by Crippen LogP contribution is 2.32. The van der Waals surface area contributed by atoms with Gasteiger partial charge in [0.05, 0.1) is 0 Å². The van der Waals surface area contributed by atoms with E-state index in [4.69, 9.17) is 0 Å². The summed E-state index contributed by atoms with van der Waals surface area (Å²) in [5, 5.41) is 0. The van der Waals surface area contributed by atoms with E-state index in [-0.39, 0.29) is 0 Å². The van der Waals surface area contributed by atoms with Crippen molar-refractivity contribution >= 4 is 23.5 Å². The summed E-state index contributed by atoms with van der Waals surface area (Å²) < 4.78 is 0. The maximum atomic E-state index is 2.36. The first-order valence-electron chi connectivity index (χ1n) is 14.5. The van der Waals surface area contributed by atoms with E-state index in [1.807, 2.05) is 23.5 Å². The van der Waals surface area contributed by atoms with Crippen LogP contribution in [-0.4, -0.2) is 0 Å². The first-order valence-corrected chi connectivity index (χ1v) is 16.8. The lowest BCUT2D eigenvalue weighted by molar-refractivity contribution is 1.36. The molecule has 1 aliphatic heterocycles. The van der Waals surface area contributed by atoms with Gasteiger partial charge in [-0.2, -0.15) is 23.5 Å². The zero-order valence-electron chi connectivity index (χ0n) is 23.5. The second-order valence-corrected chi connectivity index (χ2v) is 12.9. The number of benzene rings is 6. The molecule has 0 atom stereocenters. The largest absolute Gasteiger partial charge is 0.152 e. The summed E-state index contributed by atoms with van der Waals surface area (Å²) in [5.41, 5.74) is 15.6. The van der Waals surface area contributed by atoms with E-state index >= 15 is 0 Å². The number of fused-ring (bicyclic) bond motifs is 16. The van der Waals surface area contributed by atoms with Crippen molar-refractivity contribution in [3.63, 3.8) is 0 Å². The van der Waals surface area contributed by atoms with Gasteiger partial charge in [-0.3, -0.25) is 0 Å². The van der Waals surface area contributed by atoms with Crippen LogP contribution in [0.2, 0.25) is 0 Å². The van der Waals surface area contributed by atoms with Crippen molar-refractivity contribution in [3.05, 3.63) is 168 Å². The quantitative estimate of drug-likeness (QED) is 0.176. The second kappa shape index (κ2) is 12.5. The highest BCUT2D eigenvalue weighted by atomic mass is 32.2. The number of hydrogen-bond donors (Lipinski definition) is 0.